The minimum Gasteiger partial charge on any atom is -0.497 e. The number of aliphatic imine (C=N–C) groups is 1. The Hall–Kier alpha value is -2.48. The van der Waals surface area contributed by atoms with E-state index in [1.807, 2.05) is 39.8 Å². The molecule has 1 fully saturated rings. The van der Waals surface area contributed by atoms with Crippen LogP contribution in [0.2, 0.25) is 0 Å². The van der Waals surface area contributed by atoms with Gasteiger partial charge in [-0.1, -0.05) is 12.1 Å². The van der Waals surface area contributed by atoms with Crippen LogP contribution < -0.4 is 20.7 Å². The van der Waals surface area contributed by atoms with E-state index < -0.39 is 11.7 Å². The number of ether oxygens (including phenoxy) is 2. The van der Waals surface area contributed by atoms with E-state index in [-0.39, 0.29) is 6.04 Å². The Morgan fingerprint density at radius 3 is 2.52 bits per heavy atom. The van der Waals surface area contributed by atoms with Crippen LogP contribution in [0.25, 0.3) is 0 Å². The number of benzene rings is 1. The number of hydrogen-bond acceptors (Lipinski definition) is 5. The first-order chi connectivity index (χ1) is 14.8. The van der Waals surface area contributed by atoms with Gasteiger partial charge in [-0.15, -0.1) is 0 Å². The van der Waals surface area contributed by atoms with Crippen molar-refractivity contribution in [2.75, 3.05) is 46.4 Å². The molecule has 174 valence electrons. The van der Waals surface area contributed by atoms with E-state index in [9.17, 15) is 4.79 Å². The topological polar surface area (TPSA) is 87.2 Å². The molecule has 0 radical (unpaired) electrons. The fourth-order valence-corrected chi connectivity index (χ4v) is 3.51. The lowest BCUT2D eigenvalue weighted by molar-refractivity contribution is 0.0529. The maximum Gasteiger partial charge on any atom is 0.407 e. The van der Waals surface area contributed by atoms with Crippen LogP contribution in [0.1, 0.15) is 52.1 Å². The zero-order valence-electron chi connectivity index (χ0n) is 19.7. The number of methoxy groups -OCH3 is 1. The first-order valence-electron chi connectivity index (χ1n) is 11.2. The summed E-state index contributed by atoms with van der Waals surface area (Å²) in [5, 5.41) is 9.32. The predicted octanol–water partition coefficient (Wildman–Crippen LogP) is 2.91. The molecule has 1 atom stereocenters. The predicted molar refractivity (Wildman–Crippen MR) is 125 cm³/mol. The summed E-state index contributed by atoms with van der Waals surface area (Å²) in [6, 6.07) is 8.45. The van der Waals surface area contributed by atoms with E-state index in [0.29, 0.717) is 19.6 Å². The van der Waals surface area contributed by atoms with E-state index in [1.54, 1.807) is 7.11 Å². The molecule has 3 N–H and O–H groups in total. The number of nitrogens with zero attached hydrogens (tertiary/aromatic N) is 2. The van der Waals surface area contributed by atoms with Crippen LogP contribution in [0.15, 0.2) is 29.3 Å². The molecule has 1 amide bonds. The van der Waals surface area contributed by atoms with E-state index in [2.05, 4.69) is 33.0 Å². The van der Waals surface area contributed by atoms with Crippen molar-refractivity contribution in [1.82, 2.24) is 20.9 Å². The molecule has 1 aliphatic heterocycles. The Bertz CT molecular complexity index is 711. The summed E-state index contributed by atoms with van der Waals surface area (Å²) < 4.78 is 10.7. The summed E-state index contributed by atoms with van der Waals surface area (Å²) in [5.74, 6) is 1.60. The smallest absolute Gasteiger partial charge is 0.407 e. The summed E-state index contributed by atoms with van der Waals surface area (Å²) in [7, 11) is 1.70. The van der Waals surface area contributed by atoms with Crippen LogP contribution in [0.5, 0.6) is 5.75 Å². The molecular formula is C23H39N5O3. The Balaban J connectivity index is 1.97. The van der Waals surface area contributed by atoms with Gasteiger partial charge in [-0.05, 0) is 71.3 Å². The van der Waals surface area contributed by atoms with Crippen molar-refractivity contribution in [2.45, 2.75) is 52.2 Å². The Morgan fingerprint density at radius 2 is 1.87 bits per heavy atom. The van der Waals surface area contributed by atoms with Gasteiger partial charge in [0.1, 0.15) is 11.4 Å². The number of hydrogen-bond donors (Lipinski definition) is 3. The van der Waals surface area contributed by atoms with Gasteiger partial charge in [-0.25, -0.2) is 4.79 Å². The van der Waals surface area contributed by atoms with Crippen molar-refractivity contribution in [3.63, 3.8) is 0 Å². The SMILES string of the molecule is CCNC(=NCC(c1cccc(OC)c1)N1CCCC1)NCCNC(=O)OC(C)(C)C. The fourth-order valence-electron chi connectivity index (χ4n) is 3.51. The molecule has 0 spiro atoms. The zero-order chi connectivity index (χ0) is 22.7. The van der Waals surface area contributed by atoms with Crippen LogP contribution in [0, 0.1) is 0 Å². The molecule has 1 saturated heterocycles. The average Bonchev–Trinajstić information content (AvgIpc) is 3.24. The monoisotopic (exact) mass is 433 g/mol. The second-order valence-electron chi connectivity index (χ2n) is 8.61. The number of alkyl carbamates (subject to hydrolysis) is 1. The molecule has 8 heteroatoms. The zero-order valence-corrected chi connectivity index (χ0v) is 19.7. The number of amides is 1. The second kappa shape index (κ2) is 12.4. The van der Waals surface area contributed by atoms with Crippen molar-refractivity contribution in [2.24, 2.45) is 4.99 Å². The van der Waals surface area contributed by atoms with Crippen molar-refractivity contribution >= 4 is 12.1 Å². The van der Waals surface area contributed by atoms with E-state index >= 15 is 0 Å². The molecule has 0 aromatic heterocycles. The molecule has 1 heterocycles. The van der Waals surface area contributed by atoms with Crippen LogP contribution in [-0.2, 0) is 4.74 Å². The van der Waals surface area contributed by atoms with Crippen LogP contribution in [0.3, 0.4) is 0 Å². The summed E-state index contributed by atoms with van der Waals surface area (Å²) in [4.78, 5) is 19.1. The van der Waals surface area contributed by atoms with E-state index in [0.717, 1.165) is 31.3 Å². The van der Waals surface area contributed by atoms with Gasteiger partial charge in [0.2, 0.25) is 0 Å². The molecular weight excluding hydrogens is 394 g/mol. The number of nitrogens with one attached hydrogen (secondary N) is 3. The lowest BCUT2D eigenvalue weighted by Gasteiger charge is -2.27. The highest BCUT2D eigenvalue weighted by molar-refractivity contribution is 5.79. The van der Waals surface area contributed by atoms with Gasteiger partial charge < -0.3 is 25.4 Å². The highest BCUT2D eigenvalue weighted by atomic mass is 16.6. The Labute approximate surface area is 186 Å². The molecule has 8 nitrogen and oxygen atoms in total. The first-order valence-corrected chi connectivity index (χ1v) is 11.2. The van der Waals surface area contributed by atoms with Crippen LogP contribution >= 0.6 is 0 Å². The van der Waals surface area contributed by atoms with Crippen molar-refractivity contribution in [1.29, 1.82) is 0 Å². The lowest BCUT2D eigenvalue weighted by atomic mass is 10.1. The third-order valence-corrected chi connectivity index (χ3v) is 4.91. The van der Waals surface area contributed by atoms with Gasteiger partial charge in [0, 0.05) is 19.6 Å². The maximum absolute atomic E-state index is 11.8. The van der Waals surface area contributed by atoms with Gasteiger partial charge in [0.15, 0.2) is 5.96 Å². The standard InChI is InChI=1S/C23H39N5O3/c1-6-24-21(25-12-13-26-22(29)31-23(2,3)4)27-17-20(28-14-7-8-15-28)18-10-9-11-19(16-18)30-5/h9-11,16,20H,6-8,12-15,17H2,1-5H3,(H,26,29)(H2,24,25,27). The highest BCUT2D eigenvalue weighted by Crippen LogP contribution is 2.27. The van der Waals surface area contributed by atoms with Gasteiger partial charge in [-0.3, -0.25) is 9.89 Å². The summed E-state index contributed by atoms with van der Waals surface area (Å²) in [6.45, 7) is 12.2. The average molecular weight is 434 g/mol. The summed E-state index contributed by atoms with van der Waals surface area (Å²) in [6.07, 6.45) is 2.03. The number of guanidine groups is 1. The molecule has 1 aromatic carbocycles. The molecule has 31 heavy (non-hydrogen) atoms. The minimum absolute atomic E-state index is 0.202. The Kier molecular flexibility index (Phi) is 9.91. The van der Waals surface area contributed by atoms with Gasteiger partial charge in [-0.2, -0.15) is 0 Å². The quantitative estimate of drug-likeness (QED) is 0.315. The third-order valence-electron chi connectivity index (χ3n) is 4.91. The third kappa shape index (κ3) is 9.04. The molecule has 0 bridgehead atoms. The largest absolute Gasteiger partial charge is 0.497 e. The number of likely N-dealkylation sites (tertiary alicyclic amines) is 1. The lowest BCUT2D eigenvalue weighted by Crippen LogP contribution is -2.43. The van der Waals surface area contributed by atoms with Crippen molar-refractivity contribution < 1.29 is 14.3 Å². The van der Waals surface area contributed by atoms with E-state index in [1.165, 1.54) is 18.4 Å². The normalized spacial score (nSPS) is 16.0. The second-order valence-corrected chi connectivity index (χ2v) is 8.61. The summed E-state index contributed by atoms with van der Waals surface area (Å²) in [5.41, 5.74) is 0.714. The fraction of sp³-hybridized carbons (Fsp3) is 0.652. The van der Waals surface area contributed by atoms with Crippen LogP contribution in [-0.4, -0.2) is 68.9 Å². The number of carbonyl (C=O) groups is 1. The first kappa shape index (κ1) is 24.8. The number of carbonyl (C=O) groups excluding carboxylic acids is 1. The van der Waals surface area contributed by atoms with Crippen molar-refractivity contribution in [3.8, 4) is 5.75 Å². The molecule has 0 aliphatic carbocycles. The minimum atomic E-state index is -0.501. The molecule has 1 unspecified atom stereocenters. The molecule has 1 aliphatic rings. The molecule has 1 aromatic rings. The Morgan fingerprint density at radius 1 is 1.16 bits per heavy atom. The number of rotatable bonds is 9. The molecule has 0 saturated carbocycles. The van der Waals surface area contributed by atoms with Crippen molar-refractivity contribution in [3.05, 3.63) is 29.8 Å². The van der Waals surface area contributed by atoms with Crippen LogP contribution in [0.4, 0.5) is 4.79 Å². The van der Waals surface area contributed by atoms with Gasteiger partial charge in [0.25, 0.3) is 0 Å². The van der Waals surface area contributed by atoms with E-state index in [4.69, 9.17) is 14.5 Å². The maximum atomic E-state index is 11.8. The highest BCUT2D eigenvalue weighted by Gasteiger charge is 2.24. The molecule has 2 rings (SSSR count). The summed E-state index contributed by atoms with van der Waals surface area (Å²) >= 11 is 0. The van der Waals surface area contributed by atoms with Gasteiger partial charge >= 0.3 is 6.09 Å². The van der Waals surface area contributed by atoms with Gasteiger partial charge in [0.05, 0.1) is 19.7 Å².